The number of aliphatic hydroxyl groups is 1. The highest BCUT2D eigenvalue weighted by Gasteiger charge is 2.30. The van der Waals surface area contributed by atoms with Crippen LogP contribution < -0.4 is 10.1 Å². The molecule has 4 N–H and O–H groups in total. The predicted octanol–water partition coefficient (Wildman–Crippen LogP) is 0.275. The number of aryl methyl sites for hydroxylation is 1. The summed E-state index contributed by atoms with van der Waals surface area (Å²) in [6.07, 6.45) is 0. The molecule has 0 heterocycles. The van der Waals surface area contributed by atoms with Crippen molar-refractivity contribution < 1.29 is 29.6 Å². The van der Waals surface area contributed by atoms with Crippen LogP contribution in [0.15, 0.2) is 12.1 Å². The third-order valence-corrected chi connectivity index (χ3v) is 2.74. The number of nitrogens with one attached hydrogen (secondary N) is 1. The third kappa shape index (κ3) is 3.39. The van der Waals surface area contributed by atoms with E-state index in [1.54, 1.807) is 13.0 Å². The van der Waals surface area contributed by atoms with E-state index in [2.05, 4.69) is 5.32 Å². The zero-order chi connectivity index (χ0) is 15.5. The normalized spacial score (nSPS) is 13.4. The number of hydrogen-bond acceptors (Lipinski definition) is 5. The van der Waals surface area contributed by atoms with Gasteiger partial charge in [0.1, 0.15) is 0 Å². The summed E-state index contributed by atoms with van der Waals surface area (Å²) < 4.78 is 4.93. The molecule has 1 aromatic carbocycles. The largest absolute Gasteiger partial charge is 0.504 e. The molecule has 20 heavy (non-hydrogen) atoms. The first kappa shape index (κ1) is 15.8. The topological polar surface area (TPSA) is 116 Å². The SMILES string of the molecule is COc1cc(C)cc(C(=O)NCC(C)(O)C(=O)O)c1O. The van der Waals surface area contributed by atoms with Crippen LogP contribution in [0.5, 0.6) is 11.5 Å². The van der Waals surface area contributed by atoms with Crippen LogP contribution in [0, 0.1) is 6.92 Å². The second-order valence-electron chi connectivity index (χ2n) is 4.63. The van der Waals surface area contributed by atoms with Crippen molar-refractivity contribution in [1.82, 2.24) is 5.32 Å². The summed E-state index contributed by atoms with van der Waals surface area (Å²) in [6, 6.07) is 2.99. The molecule has 1 unspecified atom stereocenters. The molecule has 0 saturated heterocycles. The molecule has 0 aliphatic carbocycles. The first-order chi connectivity index (χ1) is 9.19. The van der Waals surface area contributed by atoms with Gasteiger partial charge in [0.15, 0.2) is 17.1 Å². The number of amides is 1. The molecular weight excluding hydrogens is 266 g/mol. The molecule has 0 aliphatic heterocycles. The van der Waals surface area contributed by atoms with Crippen LogP contribution in [-0.2, 0) is 4.79 Å². The molecule has 1 aromatic rings. The maximum absolute atomic E-state index is 11.9. The van der Waals surface area contributed by atoms with Crippen molar-refractivity contribution in [2.45, 2.75) is 19.4 Å². The van der Waals surface area contributed by atoms with E-state index in [1.165, 1.54) is 13.2 Å². The minimum absolute atomic E-state index is 0.0527. The molecule has 1 amide bonds. The summed E-state index contributed by atoms with van der Waals surface area (Å²) in [5, 5.41) is 30.4. The Balaban J connectivity index is 2.94. The Hall–Kier alpha value is -2.28. The van der Waals surface area contributed by atoms with Gasteiger partial charge in [-0.05, 0) is 31.5 Å². The average molecular weight is 283 g/mol. The Morgan fingerprint density at radius 3 is 2.50 bits per heavy atom. The van der Waals surface area contributed by atoms with E-state index < -0.39 is 24.0 Å². The van der Waals surface area contributed by atoms with Gasteiger partial charge in [-0.1, -0.05) is 0 Å². The molecule has 0 radical (unpaired) electrons. The molecule has 0 bridgehead atoms. The van der Waals surface area contributed by atoms with Crippen molar-refractivity contribution in [1.29, 1.82) is 0 Å². The summed E-state index contributed by atoms with van der Waals surface area (Å²) in [6.45, 7) is 2.29. The number of carboxylic acids is 1. The van der Waals surface area contributed by atoms with Gasteiger partial charge in [-0.15, -0.1) is 0 Å². The average Bonchev–Trinajstić information content (AvgIpc) is 2.38. The van der Waals surface area contributed by atoms with Gasteiger partial charge in [-0.2, -0.15) is 0 Å². The standard InChI is InChI=1S/C13H17NO6/c1-7-4-8(10(15)9(5-7)20-3)11(16)14-6-13(2,19)12(17)18/h4-5,15,19H,6H2,1-3H3,(H,14,16)(H,17,18). The molecule has 0 aliphatic rings. The molecule has 1 rings (SSSR count). The zero-order valence-electron chi connectivity index (χ0n) is 11.4. The number of methoxy groups -OCH3 is 1. The van der Waals surface area contributed by atoms with Gasteiger partial charge in [-0.25, -0.2) is 4.79 Å². The first-order valence-corrected chi connectivity index (χ1v) is 5.80. The van der Waals surface area contributed by atoms with Crippen molar-refractivity contribution in [2.75, 3.05) is 13.7 Å². The van der Waals surface area contributed by atoms with E-state index in [4.69, 9.17) is 9.84 Å². The maximum atomic E-state index is 11.9. The summed E-state index contributed by atoms with van der Waals surface area (Å²) >= 11 is 0. The predicted molar refractivity (Wildman–Crippen MR) is 70.0 cm³/mol. The molecule has 0 spiro atoms. The quantitative estimate of drug-likeness (QED) is 0.616. The number of carbonyl (C=O) groups is 2. The van der Waals surface area contributed by atoms with E-state index >= 15 is 0 Å². The lowest BCUT2D eigenvalue weighted by Gasteiger charge is -2.18. The van der Waals surface area contributed by atoms with Gasteiger partial charge in [0.2, 0.25) is 0 Å². The van der Waals surface area contributed by atoms with Crippen molar-refractivity contribution in [3.8, 4) is 11.5 Å². The van der Waals surface area contributed by atoms with Gasteiger partial charge in [0, 0.05) is 0 Å². The number of carboxylic acid groups (broad SMARTS) is 1. The highest BCUT2D eigenvalue weighted by Crippen LogP contribution is 2.31. The minimum atomic E-state index is -2.08. The fourth-order valence-corrected chi connectivity index (χ4v) is 1.50. The number of ether oxygens (including phenoxy) is 1. The van der Waals surface area contributed by atoms with Crippen molar-refractivity contribution in [2.24, 2.45) is 0 Å². The summed E-state index contributed by atoms with van der Waals surface area (Å²) in [5.74, 6) is -2.36. The maximum Gasteiger partial charge on any atom is 0.337 e. The van der Waals surface area contributed by atoms with E-state index in [9.17, 15) is 19.8 Å². The number of carbonyl (C=O) groups excluding carboxylic acids is 1. The molecule has 7 nitrogen and oxygen atoms in total. The molecule has 110 valence electrons. The lowest BCUT2D eigenvalue weighted by atomic mass is 10.1. The number of benzene rings is 1. The van der Waals surface area contributed by atoms with E-state index in [1.807, 2.05) is 0 Å². The second kappa shape index (κ2) is 5.79. The lowest BCUT2D eigenvalue weighted by Crippen LogP contribution is -2.46. The number of hydrogen-bond donors (Lipinski definition) is 4. The Kier molecular flexibility index (Phi) is 4.57. The van der Waals surface area contributed by atoms with E-state index in [0.29, 0.717) is 5.56 Å². The smallest absolute Gasteiger partial charge is 0.337 e. The van der Waals surface area contributed by atoms with Crippen LogP contribution in [0.2, 0.25) is 0 Å². The second-order valence-corrected chi connectivity index (χ2v) is 4.63. The van der Waals surface area contributed by atoms with Gasteiger partial charge < -0.3 is 25.4 Å². The molecule has 0 saturated carbocycles. The Morgan fingerprint density at radius 1 is 1.40 bits per heavy atom. The molecule has 0 aromatic heterocycles. The highest BCUT2D eigenvalue weighted by molar-refractivity contribution is 5.98. The van der Waals surface area contributed by atoms with Crippen molar-refractivity contribution in [3.63, 3.8) is 0 Å². The Morgan fingerprint density at radius 2 is 2.00 bits per heavy atom. The minimum Gasteiger partial charge on any atom is -0.504 e. The van der Waals surface area contributed by atoms with E-state index in [-0.39, 0.29) is 17.1 Å². The fourth-order valence-electron chi connectivity index (χ4n) is 1.50. The van der Waals surface area contributed by atoms with Gasteiger partial charge in [-0.3, -0.25) is 4.79 Å². The van der Waals surface area contributed by atoms with Crippen LogP contribution in [0.3, 0.4) is 0 Å². The lowest BCUT2D eigenvalue weighted by molar-refractivity contribution is -0.155. The number of rotatable bonds is 5. The number of aliphatic carboxylic acids is 1. The number of phenols is 1. The number of phenolic OH excluding ortho intramolecular Hbond substituents is 1. The summed E-state index contributed by atoms with van der Waals surface area (Å²) in [5.41, 5.74) is -1.45. The van der Waals surface area contributed by atoms with Crippen LogP contribution in [0.1, 0.15) is 22.8 Å². The van der Waals surface area contributed by atoms with Crippen LogP contribution >= 0.6 is 0 Å². The number of aromatic hydroxyl groups is 1. The van der Waals surface area contributed by atoms with Gasteiger partial charge in [0.25, 0.3) is 5.91 Å². The third-order valence-electron chi connectivity index (χ3n) is 2.74. The Bertz CT molecular complexity index is 538. The molecule has 0 fully saturated rings. The zero-order valence-corrected chi connectivity index (χ0v) is 11.4. The van der Waals surface area contributed by atoms with E-state index in [0.717, 1.165) is 6.92 Å². The van der Waals surface area contributed by atoms with Gasteiger partial charge in [0.05, 0.1) is 19.2 Å². The summed E-state index contributed by atoms with van der Waals surface area (Å²) in [7, 11) is 1.35. The van der Waals surface area contributed by atoms with Crippen LogP contribution in [0.4, 0.5) is 0 Å². The van der Waals surface area contributed by atoms with Gasteiger partial charge >= 0.3 is 5.97 Å². The summed E-state index contributed by atoms with van der Waals surface area (Å²) in [4.78, 5) is 22.6. The van der Waals surface area contributed by atoms with Crippen molar-refractivity contribution >= 4 is 11.9 Å². The van der Waals surface area contributed by atoms with Crippen LogP contribution in [-0.4, -0.2) is 46.5 Å². The fraction of sp³-hybridized carbons (Fsp3) is 0.385. The van der Waals surface area contributed by atoms with Crippen LogP contribution in [0.25, 0.3) is 0 Å². The highest BCUT2D eigenvalue weighted by atomic mass is 16.5. The molecule has 7 heteroatoms. The molecular formula is C13H17NO6. The first-order valence-electron chi connectivity index (χ1n) is 5.80. The van der Waals surface area contributed by atoms with Crippen molar-refractivity contribution in [3.05, 3.63) is 23.3 Å². The Labute approximate surface area is 115 Å². The monoisotopic (exact) mass is 283 g/mol. The molecule has 1 atom stereocenters.